The summed E-state index contributed by atoms with van der Waals surface area (Å²) in [7, 11) is 4.65. The number of carboxylic acid groups (broad SMARTS) is 1. The number of carbonyl (C=O) groups is 3. The highest BCUT2D eigenvalue weighted by Crippen LogP contribution is 2.32. The van der Waals surface area contributed by atoms with Crippen LogP contribution in [-0.4, -0.2) is 63.9 Å². The summed E-state index contributed by atoms with van der Waals surface area (Å²) in [5.74, 6) is -1.61. The number of benzene rings is 1. The molecule has 1 aromatic heterocycles. The number of likely N-dealkylation sites (N-methyl/N-ethyl adjacent to an activating group) is 1. The summed E-state index contributed by atoms with van der Waals surface area (Å²) in [4.78, 5) is 42.9. The van der Waals surface area contributed by atoms with E-state index in [-0.39, 0.29) is 17.4 Å². The van der Waals surface area contributed by atoms with Gasteiger partial charge in [-0.1, -0.05) is 23.7 Å². The lowest BCUT2D eigenvalue weighted by molar-refractivity contribution is -0.125. The van der Waals surface area contributed by atoms with E-state index in [1.807, 2.05) is 13.8 Å². The molecule has 0 radical (unpaired) electrons. The fraction of sp³-hybridized carbons (Fsp3) is 0.333. The van der Waals surface area contributed by atoms with E-state index in [1.54, 1.807) is 42.9 Å². The molecule has 0 saturated carbocycles. The first-order valence-corrected chi connectivity index (χ1v) is 10.8. The van der Waals surface area contributed by atoms with Crippen LogP contribution in [-0.2, 0) is 9.59 Å². The molecule has 0 fully saturated rings. The van der Waals surface area contributed by atoms with Gasteiger partial charge < -0.3 is 24.8 Å². The van der Waals surface area contributed by atoms with Crippen LogP contribution in [0.1, 0.15) is 47.7 Å². The fourth-order valence-corrected chi connectivity index (χ4v) is 3.99. The third-order valence-electron chi connectivity index (χ3n) is 4.54. The first-order chi connectivity index (χ1) is 15.0. The molecule has 9 nitrogen and oxygen atoms in total. The number of aromatic nitrogens is 2. The molecule has 1 heterocycles. The molecule has 1 atom stereocenters. The molecule has 0 aliphatic carbocycles. The monoisotopic (exact) mass is 525 g/mol. The molecule has 2 N–H and O–H groups in total. The van der Waals surface area contributed by atoms with Crippen molar-refractivity contribution in [2.75, 3.05) is 21.1 Å². The number of hydrogen-bond donors (Lipinski definition) is 2. The highest BCUT2D eigenvalue weighted by atomic mass is 79.9. The zero-order valence-corrected chi connectivity index (χ0v) is 20.7. The van der Waals surface area contributed by atoms with Crippen LogP contribution in [0, 0.1) is 0 Å². The largest absolute Gasteiger partial charge is 0.476 e. The average molecular weight is 527 g/mol. The maximum atomic E-state index is 12.9. The minimum atomic E-state index is -1.21. The van der Waals surface area contributed by atoms with Gasteiger partial charge in [0.15, 0.2) is 10.4 Å². The van der Waals surface area contributed by atoms with E-state index in [4.69, 9.17) is 11.6 Å². The molecular weight excluding hydrogens is 502 g/mol. The molecule has 2 aromatic rings. The molecule has 0 saturated heterocycles. The summed E-state index contributed by atoms with van der Waals surface area (Å²) in [6.07, 6.45) is 1.91. The van der Waals surface area contributed by atoms with Crippen molar-refractivity contribution in [1.82, 2.24) is 24.7 Å². The topological polar surface area (TPSA) is 108 Å². The van der Waals surface area contributed by atoms with Gasteiger partial charge in [-0.05, 0) is 47.5 Å². The maximum Gasteiger partial charge on any atom is 0.356 e. The van der Waals surface area contributed by atoms with Crippen molar-refractivity contribution in [3.8, 4) is 0 Å². The van der Waals surface area contributed by atoms with Crippen LogP contribution in [0.15, 0.2) is 40.9 Å². The fourth-order valence-electron chi connectivity index (χ4n) is 3.09. The summed E-state index contributed by atoms with van der Waals surface area (Å²) in [5.41, 5.74) is 0.914. The number of amides is 2. The molecule has 1 aromatic carbocycles. The van der Waals surface area contributed by atoms with Gasteiger partial charge in [0.05, 0.1) is 11.7 Å². The highest BCUT2D eigenvalue weighted by molar-refractivity contribution is 9.10. The Kier molecular flexibility index (Phi) is 8.45. The second-order valence-electron chi connectivity index (χ2n) is 7.53. The smallest absolute Gasteiger partial charge is 0.356 e. The number of aromatic carboxylic acids is 1. The second-order valence-corrected chi connectivity index (χ2v) is 8.67. The number of halogens is 2. The van der Waals surface area contributed by atoms with E-state index < -0.39 is 17.9 Å². The predicted molar refractivity (Wildman–Crippen MR) is 124 cm³/mol. The number of carbonyl (C=O) groups excluding carboxylic acids is 2. The number of nitrogens with one attached hydrogen (secondary N) is 1. The second kappa shape index (κ2) is 10.6. The third kappa shape index (κ3) is 5.68. The Morgan fingerprint density at radius 3 is 2.28 bits per heavy atom. The molecule has 172 valence electrons. The molecule has 32 heavy (non-hydrogen) atoms. The summed E-state index contributed by atoms with van der Waals surface area (Å²) < 4.78 is 2.08. The van der Waals surface area contributed by atoms with Gasteiger partial charge in [-0.3, -0.25) is 9.59 Å². The van der Waals surface area contributed by atoms with Crippen molar-refractivity contribution in [2.24, 2.45) is 0 Å². The average Bonchev–Trinajstić information content (AvgIpc) is 3.08. The Morgan fingerprint density at radius 2 is 1.81 bits per heavy atom. The Balaban J connectivity index is 2.79. The van der Waals surface area contributed by atoms with Crippen LogP contribution in [0.3, 0.4) is 0 Å². The molecule has 2 rings (SSSR count). The van der Waals surface area contributed by atoms with Crippen LogP contribution in [0.5, 0.6) is 0 Å². The van der Waals surface area contributed by atoms with Crippen molar-refractivity contribution in [1.29, 1.82) is 0 Å². The summed E-state index contributed by atoms with van der Waals surface area (Å²) in [5, 5.41) is 13.5. The standard InChI is InChI=1S/C21H25BrClN5O4/c1-12(2)28-18(17(20(31)32)25-21(28)22)16(13-6-8-14(23)9-7-13)24-15(10-27(5)11-29)19(30)26(3)4/h6-12,16,24H,1-5H3,(H,31,32)/b15-10+. The van der Waals surface area contributed by atoms with E-state index in [2.05, 4.69) is 26.2 Å². The zero-order chi connectivity index (χ0) is 24.2. The minimum absolute atomic E-state index is 0.0912. The normalized spacial score (nSPS) is 12.4. The molecule has 2 amide bonds. The van der Waals surface area contributed by atoms with Crippen LogP contribution < -0.4 is 5.32 Å². The van der Waals surface area contributed by atoms with Gasteiger partial charge >= 0.3 is 5.97 Å². The van der Waals surface area contributed by atoms with Crippen molar-refractivity contribution < 1.29 is 19.5 Å². The number of rotatable bonds is 9. The first-order valence-electron chi connectivity index (χ1n) is 9.61. The zero-order valence-electron chi connectivity index (χ0n) is 18.3. The van der Waals surface area contributed by atoms with Crippen molar-refractivity contribution in [2.45, 2.75) is 25.9 Å². The van der Waals surface area contributed by atoms with Crippen molar-refractivity contribution in [3.63, 3.8) is 0 Å². The molecule has 11 heteroatoms. The third-order valence-corrected chi connectivity index (χ3v) is 5.35. The summed E-state index contributed by atoms with van der Waals surface area (Å²) in [6.45, 7) is 3.78. The molecule has 1 unspecified atom stereocenters. The molecule has 0 aliphatic heterocycles. The molecule has 0 spiro atoms. The lowest BCUT2D eigenvalue weighted by Crippen LogP contribution is -2.36. The highest BCUT2D eigenvalue weighted by Gasteiger charge is 2.31. The number of carboxylic acids is 1. The lowest BCUT2D eigenvalue weighted by Gasteiger charge is -2.27. The lowest BCUT2D eigenvalue weighted by atomic mass is 10.0. The Morgan fingerprint density at radius 1 is 1.22 bits per heavy atom. The molecule has 0 aliphatic rings. The molecular formula is C21H25BrClN5O4. The van der Waals surface area contributed by atoms with Crippen LogP contribution in [0.25, 0.3) is 0 Å². The van der Waals surface area contributed by atoms with E-state index in [9.17, 15) is 19.5 Å². The van der Waals surface area contributed by atoms with E-state index >= 15 is 0 Å². The van der Waals surface area contributed by atoms with E-state index in [0.717, 1.165) is 0 Å². The SMILES string of the molecule is CC(C)n1c(Br)nc(C(=O)O)c1C(N/C(=C/N(C)C=O)C(=O)N(C)C)c1ccc(Cl)cc1. The van der Waals surface area contributed by atoms with Crippen LogP contribution in [0.4, 0.5) is 0 Å². The summed E-state index contributed by atoms with van der Waals surface area (Å²) in [6, 6.07) is 5.87. The number of hydrogen-bond acceptors (Lipinski definition) is 5. The van der Waals surface area contributed by atoms with E-state index in [1.165, 1.54) is 23.0 Å². The van der Waals surface area contributed by atoms with Gasteiger partial charge in [0.25, 0.3) is 5.91 Å². The van der Waals surface area contributed by atoms with Gasteiger partial charge in [-0.2, -0.15) is 0 Å². The van der Waals surface area contributed by atoms with Gasteiger partial charge in [-0.15, -0.1) is 0 Å². The van der Waals surface area contributed by atoms with E-state index in [0.29, 0.717) is 27.4 Å². The van der Waals surface area contributed by atoms with Gasteiger partial charge in [-0.25, -0.2) is 9.78 Å². The van der Waals surface area contributed by atoms with Crippen molar-refractivity contribution in [3.05, 3.63) is 62.9 Å². The molecule has 0 bridgehead atoms. The predicted octanol–water partition coefficient (Wildman–Crippen LogP) is 3.27. The number of nitrogens with zero attached hydrogens (tertiary/aromatic N) is 4. The summed E-state index contributed by atoms with van der Waals surface area (Å²) >= 11 is 9.41. The number of imidazole rings is 1. The van der Waals surface area contributed by atoms with Crippen LogP contribution in [0.2, 0.25) is 5.02 Å². The Bertz CT molecular complexity index is 1030. The quantitative estimate of drug-likeness (QED) is 0.384. The maximum absolute atomic E-state index is 12.9. The van der Waals surface area contributed by atoms with Gasteiger partial charge in [0.2, 0.25) is 6.41 Å². The first kappa shape index (κ1) is 25.4. The van der Waals surface area contributed by atoms with Gasteiger partial charge in [0.1, 0.15) is 5.70 Å². The Labute approximate surface area is 199 Å². The van der Waals surface area contributed by atoms with Gasteiger partial charge in [0, 0.05) is 38.4 Å². The Hall–Kier alpha value is -2.85. The minimum Gasteiger partial charge on any atom is -0.476 e. The van der Waals surface area contributed by atoms with Crippen molar-refractivity contribution >= 4 is 45.8 Å². The van der Waals surface area contributed by atoms with Crippen LogP contribution >= 0.6 is 27.5 Å².